The zero-order valence-electron chi connectivity index (χ0n) is 12.7. The molecule has 6 nitrogen and oxygen atoms in total. The van der Waals surface area contributed by atoms with Gasteiger partial charge in [-0.15, -0.1) is 11.3 Å². The maximum atomic E-state index is 11.8. The first-order chi connectivity index (χ1) is 11.7. The molecule has 0 aliphatic rings. The largest absolute Gasteiger partial charge is 0.431 e. The molecule has 3 rings (SSSR count). The van der Waals surface area contributed by atoms with Gasteiger partial charge in [-0.05, 0) is 30.0 Å². The van der Waals surface area contributed by atoms with Crippen molar-refractivity contribution in [3.63, 3.8) is 0 Å². The van der Waals surface area contributed by atoms with E-state index in [0.717, 1.165) is 23.7 Å². The second-order valence-electron chi connectivity index (χ2n) is 4.87. The Kier molecular flexibility index (Phi) is 5.50. The second-order valence-corrected chi connectivity index (χ2v) is 6.83. The van der Waals surface area contributed by atoms with Crippen molar-refractivity contribution in [1.82, 2.24) is 15.6 Å². The number of thiophene rings is 1. The number of para-hydroxylation sites is 2. The number of nitrogens with one attached hydrogen (secondary N) is 2. The molecule has 8 heteroatoms. The Morgan fingerprint density at radius 2 is 2.08 bits per heavy atom. The van der Waals surface area contributed by atoms with Crippen molar-refractivity contribution in [2.45, 2.75) is 11.6 Å². The molecule has 0 saturated carbocycles. The summed E-state index contributed by atoms with van der Waals surface area (Å²) in [5.74, 6) is -0.332. The van der Waals surface area contributed by atoms with E-state index < -0.39 is 11.9 Å². The number of nitrogens with zero attached hydrogens (tertiary/aromatic N) is 1. The number of hydrogen-bond acceptors (Lipinski definition) is 6. The topological polar surface area (TPSA) is 84.2 Å². The molecule has 0 atom stereocenters. The molecule has 3 amide bonds. The first-order valence-corrected chi connectivity index (χ1v) is 9.15. The van der Waals surface area contributed by atoms with Crippen molar-refractivity contribution in [3.05, 3.63) is 46.7 Å². The summed E-state index contributed by atoms with van der Waals surface area (Å²) in [5.41, 5.74) is 1.42. The lowest BCUT2D eigenvalue weighted by Gasteiger charge is -2.05. The van der Waals surface area contributed by atoms with Crippen LogP contribution in [0.15, 0.2) is 51.4 Å². The van der Waals surface area contributed by atoms with Crippen LogP contribution in [0.3, 0.4) is 0 Å². The molecule has 0 radical (unpaired) electrons. The normalized spacial score (nSPS) is 10.7. The fourth-order valence-corrected chi connectivity index (χ4v) is 3.35. The lowest BCUT2D eigenvalue weighted by atomic mass is 10.3. The monoisotopic (exact) mass is 361 g/mol. The standard InChI is InChI=1S/C16H15N3O3S2/c20-14(19-15(21)17-8-7-11-4-3-9-23-11)10-24-16-18-12-5-1-2-6-13(12)22-16/h1-6,9H,7-8,10H2,(H2,17,19,20,21). The molecule has 0 aliphatic carbocycles. The molecular formula is C16H15N3O3S2. The minimum absolute atomic E-state index is 0.0607. The number of benzene rings is 1. The number of carbonyl (C=O) groups is 2. The second kappa shape index (κ2) is 7.98. The molecule has 1 aromatic carbocycles. The van der Waals surface area contributed by atoms with Crippen LogP contribution >= 0.6 is 23.1 Å². The van der Waals surface area contributed by atoms with Crippen LogP contribution in [0.25, 0.3) is 11.1 Å². The smallest absolute Gasteiger partial charge is 0.321 e. The maximum absolute atomic E-state index is 11.8. The highest BCUT2D eigenvalue weighted by Gasteiger charge is 2.11. The summed E-state index contributed by atoms with van der Waals surface area (Å²) in [6.45, 7) is 0.484. The molecule has 0 saturated heterocycles. The van der Waals surface area contributed by atoms with Crippen LogP contribution in [-0.4, -0.2) is 29.2 Å². The van der Waals surface area contributed by atoms with Crippen LogP contribution < -0.4 is 10.6 Å². The molecule has 0 spiro atoms. The highest BCUT2D eigenvalue weighted by Crippen LogP contribution is 2.22. The quantitative estimate of drug-likeness (QED) is 0.659. The SMILES string of the molecule is O=C(CSc1nc2ccccc2o1)NC(=O)NCCc1cccs1. The summed E-state index contributed by atoms with van der Waals surface area (Å²) in [6.07, 6.45) is 0.747. The van der Waals surface area contributed by atoms with Gasteiger partial charge in [0.05, 0.1) is 5.75 Å². The molecule has 0 unspecified atom stereocenters. The number of fused-ring (bicyclic) bond motifs is 1. The highest BCUT2D eigenvalue weighted by atomic mass is 32.2. The van der Waals surface area contributed by atoms with Gasteiger partial charge in [0.25, 0.3) is 5.22 Å². The van der Waals surface area contributed by atoms with Crippen molar-refractivity contribution in [2.75, 3.05) is 12.3 Å². The summed E-state index contributed by atoms with van der Waals surface area (Å²) in [4.78, 5) is 28.9. The number of urea groups is 1. The summed E-state index contributed by atoms with van der Waals surface area (Å²) < 4.78 is 5.50. The predicted octanol–water partition coefficient (Wildman–Crippen LogP) is 3.05. The Balaban J connectivity index is 1.39. The molecular weight excluding hydrogens is 346 g/mol. The summed E-state index contributed by atoms with van der Waals surface area (Å²) >= 11 is 2.79. The van der Waals surface area contributed by atoms with Crippen molar-refractivity contribution in [3.8, 4) is 0 Å². The predicted molar refractivity (Wildman–Crippen MR) is 94.3 cm³/mol. The fourth-order valence-electron chi connectivity index (χ4n) is 2.00. The van der Waals surface area contributed by atoms with Crippen molar-refractivity contribution >= 4 is 46.1 Å². The third-order valence-electron chi connectivity index (χ3n) is 3.09. The van der Waals surface area contributed by atoms with Gasteiger partial charge in [0.2, 0.25) is 5.91 Å². The molecule has 0 fully saturated rings. The average Bonchev–Trinajstić information content (AvgIpc) is 3.21. The first kappa shape index (κ1) is 16.5. The Morgan fingerprint density at radius 1 is 1.21 bits per heavy atom. The van der Waals surface area contributed by atoms with Gasteiger partial charge in [0, 0.05) is 11.4 Å². The number of imide groups is 1. The van der Waals surface area contributed by atoms with Gasteiger partial charge in [-0.3, -0.25) is 10.1 Å². The molecule has 0 bridgehead atoms. The minimum atomic E-state index is -0.491. The Labute approximate surface area is 146 Å². The van der Waals surface area contributed by atoms with E-state index in [0.29, 0.717) is 17.4 Å². The van der Waals surface area contributed by atoms with E-state index in [1.54, 1.807) is 11.3 Å². The third kappa shape index (κ3) is 4.59. The highest BCUT2D eigenvalue weighted by molar-refractivity contribution is 7.99. The molecule has 2 aromatic heterocycles. The Morgan fingerprint density at radius 3 is 2.88 bits per heavy atom. The Hall–Kier alpha value is -2.32. The molecule has 24 heavy (non-hydrogen) atoms. The van der Waals surface area contributed by atoms with Crippen LogP contribution in [-0.2, 0) is 11.2 Å². The molecule has 0 aliphatic heterocycles. The minimum Gasteiger partial charge on any atom is -0.431 e. The van der Waals surface area contributed by atoms with Crippen molar-refractivity contribution in [2.24, 2.45) is 0 Å². The van der Waals surface area contributed by atoms with Crippen molar-refractivity contribution in [1.29, 1.82) is 0 Å². The molecule has 3 aromatic rings. The maximum Gasteiger partial charge on any atom is 0.321 e. The number of oxazole rings is 1. The third-order valence-corrected chi connectivity index (χ3v) is 4.86. The zero-order valence-corrected chi connectivity index (χ0v) is 14.3. The number of carbonyl (C=O) groups excluding carboxylic acids is 2. The fraction of sp³-hybridized carbons (Fsp3) is 0.188. The summed E-state index contributed by atoms with van der Waals surface area (Å²) in [5, 5.41) is 7.34. The van der Waals surface area contributed by atoms with Crippen molar-refractivity contribution < 1.29 is 14.0 Å². The molecule has 124 valence electrons. The zero-order chi connectivity index (χ0) is 16.8. The van der Waals surface area contributed by atoms with E-state index in [1.807, 2.05) is 41.8 Å². The van der Waals surface area contributed by atoms with E-state index in [-0.39, 0.29) is 5.75 Å². The average molecular weight is 361 g/mol. The van der Waals surface area contributed by atoms with Crippen LogP contribution in [0.4, 0.5) is 4.79 Å². The number of hydrogen-bond donors (Lipinski definition) is 2. The van der Waals surface area contributed by atoms with Gasteiger partial charge in [-0.2, -0.15) is 0 Å². The van der Waals surface area contributed by atoms with E-state index in [4.69, 9.17) is 4.42 Å². The van der Waals surface area contributed by atoms with Gasteiger partial charge in [-0.1, -0.05) is 30.0 Å². The molecule has 2 heterocycles. The van der Waals surface area contributed by atoms with E-state index in [2.05, 4.69) is 15.6 Å². The van der Waals surface area contributed by atoms with Gasteiger partial charge in [0.1, 0.15) is 5.52 Å². The van der Waals surface area contributed by atoms with E-state index in [1.165, 1.54) is 4.88 Å². The lowest BCUT2D eigenvalue weighted by Crippen LogP contribution is -2.41. The lowest BCUT2D eigenvalue weighted by molar-refractivity contribution is -0.117. The van der Waals surface area contributed by atoms with E-state index in [9.17, 15) is 9.59 Å². The van der Waals surface area contributed by atoms with Crippen LogP contribution in [0.5, 0.6) is 0 Å². The van der Waals surface area contributed by atoms with Crippen LogP contribution in [0, 0.1) is 0 Å². The van der Waals surface area contributed by atoms with Gasteiger partial charge in [-0.25, -0.2) is 9.78 Å². The van der Waals surface area contributed by atoms with Gasteiger partial charge >= 0.3 is 6.03 Å². The number of rotatable bonds is 6. The number of amides is 3. The number of aromatic nitrogens is 1. The van der Waals surface area contributed by atoms with Crippen LogP contribution in [0.2, 0.25) is 0 Å². The van der Waals surface area contributed by atoms with Gasteiger partial charge < -0.3 is 9.73 Å². The Bertz CT molecular complexity index is 797. The summed E-state index contributed by atoms with van der Waals surface area (Å²) in [6, 6.07) is 10.9. The molecule has 2 N–H and O–H groups in total. The summed E-state index contributed by atoms with van der Waals surface area (Å²) in [7, 11) is 0. The van der Waals surface area contributed by atoms with E-state index >= 15 is 0 Å². The van der Waals surface area contributed by atoms with Gasteiger partial charge in [0.15, 0.2) is 5.58 Å². The number of thioether (sulfide) groups is 1. The van der Waals surface area contributed by atoms with Crippen LogP contribution in [0.1, 0.15) is 4.88 Å². The first-order valence-electron chi connectivity index (χ1n) is 7.29.